The van der Waals surface area contributed by atoms with Crippen LogP contribution in [0.25, 0.3) is 5.69 Å². The molecule has 0 bridgehead atoms. The number of aryl methyl sites for hydroxylation is 1. The Morgan fingerprint density at radius 2 is 2.29 bits per heavy atom. The highest BCUT2D eigenvalue weighted by molar-refractivity contribution is 5.92. The van der Waals surface area contributed by atoms with E-state index in [1.165, 1.54) is 6.07 Å². The highest BCUT2D eigenvalue weighted by atomic mass is 16.4. The molecule has 0 saturated carbocycles. The molecule has 3 N–H and O–H groups in total. The molecular weight excluding hydrogens is 218 g/mol. The average molecular weight is 231 g/mol. The number of rotatable bonds is 3. The van der Waals surface area contributed by atoms with Crippen molar-refractivity contribution in [1.82, 2.24) is 9.55 Å². The molecule has 0 spiro atoms. The molecule has 2 aromatic rings. The first-order valence-electron chi connectivity index (χ1n) is 5.29. The lowest BCUT2D eigenvalue weighted by Gasteiger charge is -2.10. The van der Waals surface area contributed by atoms with Crippen LogP contribution in [0.2, 0.25) is 0 Å². The molecule has 2 rings (SSSR count). The first-order chi connectivity index (χ1) is 8.13. The number of carboxylic acids is 1. The number of benzene rings is 1. The largest absolute Gasteiger partial charge is 0.478 e. The number of nitrogens with zero attached hydrogens (tertiary/aromatic N) is 2. The number of hydrogen-bond acceptors (Lipinski definition) is 3. The Kier molecular flexibility index (Phi) is 2.82. The quantitative estimate of drug-likeness (QED) is 0.788. The maximum absolute atomic E-state index is 11.2. The Balaban J connectivity index is 2.65. The van der Waals surface area contributed by atoms with Gasteiger partial charge in [-0.3, -0.25) is 0 Å². The van der Waals surface area contributed by atoms with Crippen molar-refractivity contribution in [2.75, 3.05) is 5.73 Å². The number of aromatic carboxylic acids is 1. The third-order valence-corrected chi connectivity index (χ3v) is 2.55. The maximum atomic E-state index is 11.2. The van der Waals surface area contributed by atoms with Crippen molar-refractivity contribution >= 4 is 11.7 Å². The lowest BCUT2D eigenvalue weighted by atomic mass is 10.1. The smallest absolute Gasteiger partial charge is 0.337 e. The van der Waals surface area contributed by atoms with E-state index in [1.54, 1.807) is 29.1 Å². The molecule has 1 heterocycles. The minimum atomic E-state index is -0.976. The molecule has 5 nitrogen and oxygen atoms in total. The van der Waals surface area contributed by atoms with Crippen molar-refractivity contribution < 1.29 is 9.90 Å². The van der Waals surface area contributed by atoms with Crippen molar-refractivity contribution in [2.24, 2.45) is 0 Å². The van der Waals surface area contributed by atoms with E-state index in [2.05, 4.69) is 4.98 Å². The molecule has 0 radical (unpaired) electrons. The van der Waals surface area contributed by atoms with Gasteiger partial charge in [-0.25, -0.2) is 9.78 Å². The van der Waals surface area contributed by atoms with Gasteiger partial charge in [0.25, 0.3) is 0 Å². The Morgan fingerprint density at radius 1 is 1.53 bits per heavy atom. The van der Waals surface area contributed by atoms with Crippen LogP contribution in [0.3, 0.4) is 0 Å². The fourth-order valence-electron chi connectivity index (χ4n) is 1.74. The summed E-state index contributed by atoms with van der Waals surface area (Å²) in [6.07, 6.45) is 4.11. The monoisotopic (exact) mass is 231 g/mol. The fourth-order valence-corrected chi connectivity index (χ4v) is 1.74. The molecule has 0 atom stereocenters. The number of nitrogen functional groups attached to an aromatic ring is 1. The van der Waals surface area contributed by atoms with Crippen LogP contribution in [0.15, 0.2) is 30.6 Å². The predicted octanol–water partition coefficient (Wildman–Crippen LogP) is 1.72. The Labute approximate surface area is 98.5 Å². The van der Waals surface area contributed by atoms with E-state index < -0.39 is 5.97 Å². The van der Waals surface area contributed by atoms with Crippen LogP contribution < -0.4 is 5.73 Å². The number of hydrogen-bond donors (Lipinski definition) is 2. The fraction of sp³-hybridized carbons (Fsp3) is 0.167. The molecule has 17 heavy (non-hydrogen) atoms. The highest BCUT2D eigenvalue weighted by Gasteiger charge is 2.13. The Hall–Kier alpha value is -2.30. The number of nitrogens with two attached hydrogens (primary N) is 1. The number of aromatic nitrogens is 2. The zero-order chi connectivity index (χ0) is 12.4. The van der Waals surface area contributed by atoms with Gasteiger partial charge in [0.05, 0.1) is 11.3 Å². The molecule has 1 aromatic heterocycles. The first-order valence-corrected chi connectivity index (χ1v) is 5.29. The summed E-state index contributed by atoms with van der Waals surface area (Å²) < 4.78 is 1.75. The molecule has 0 saturated heterocycles. The predicted molar refractivity (Wildman–Crippen MR) is 64.3 cm³/mol. The van der Waals surface area contributed by atoms with E-state index >= 15 is 0 Å². The Morgan fingerprint density at radius 3 is 2.94 bits per heavy atom. The van der Waals surface area contributed by atoms with Gasteiger partial charge in [-0.1, -0.05) is 6.92 Å². The minimum Gasteiger partial charge on any atom is -0.478 e. The standard InChI is InChI=1S/C12H13N3O2/c1-2-11-14-5-6-15(11)10-7-8(13)3-4-9(10)12(16)17/h3-7H,2,13H2,1H3,(H,16,17). The summed E-state index contributed by atoms with van der Waals surface area (Å²) in [5, 5.41) is 9.14. The van der Waals surface area contributed by atoms with Crippen LogP contribution in [0.5, 0.6) is 0 Å². The van der Waals surface area contributed by atoms with E-state index in [4.69, 9.17) is 10.8 Å². The summed E-state index contributed by atoms with van der Waals surface area (Å²) in [4.78, 5) is 15.3. The number of anilines is 1. The average Bonchev–Trinajstić information content (AvgIpc) is 2.76. The second-order valence-corrected chi connectivity index (χ2v) is 3.65. The maximum Gasteiger partial charge on any atom is 0.337 e. The van der Waals surface area contributed by atoms with Crippen LogP contribution in [-0.2, 0) is 6.42 Å². The van der Waals surface area contributed by atoms with Crippen LogP contribution in [-0.4, -0.2) is 20.6 Å². The summed E-state index contributed by atoms with van der Waals surface area (Å²) in [6.45, 7) is 1.96. The van der Waals surface area contributed by atoms with Gasteiger partial charge >= 0.3 is 5.97 Å². The second kappa shape index (κ2) is 4.29. The Bertz CT molecular complexity index is 561. The van der Waals surface area contributed by atoms with Gasteiger partial charge < -0.3 is 15.4 Å². The second-order valence-electron chi connectivity index (χ2n) is 3.65. The van der Waals surface area contributed by atoms with Gasteiger partial charge in [0.15, 0.2) is 0 Å². The van der Waals surface area contributed by atoms with Crippen LogP contribution in [0, 0.1) is 0 Å². The van der Waals surface area contributed by atoms with Crippen LogP contribution in [0.1, 0.15) is 23.1 Å². The molecule has 0 unspecified atom stereocenters. The van der Waals surface area contributed by atoms with Crippen molar-refractivity contribution in [2.45, 2.75) is 13.3 Å². The number of imidazole rings is 1. The third kappa shape index (κ3) is 1.99. The molecule has 1 aromatic carbocycles. The van der Waals surface area contributed by atoms with Gasteiger partial charge in [0, 0.05) is 24.5 Å². The lowest BCUT2D eigenvalue weighted by Crippen LogP contribution is -2.08. The van der Waals surface area contributed by atoms with Gasteiger partial charge in [-0.15, -0.1) is 0 Å². The van der Waals surface area contributed by atoms with Crippen LogP contribution in [0.4, 0.5) is 5.69 Å². The van der Waals surface area contributed by atoms with Crippen LogP contribution >= 0.6 is 0 Å². The highest BCUT2D eigenvalue weighted by Crippen LogP contribution is 2.20. The SMILES string of the molecule is CCc1nccn1-c1cc(N)ccc1C(=O)O. The summed E-state index contributed by atoms with van der Waals surface area (Å²) >= 11 is 0. The lowest BCUT2D eigenvalue weighted by molar-refractivity contribution is 0.0697. The van der Waals surface area contributed by atoms with Crippen molar-refractivity contribution in [3.05, 3.63) is 42.0 Å². The zero-order valence-electron chi connectivity index (χ0n) is 9.42. The summed E-state index contributed by atoms with van der Waals surface area (Å²) in [5.74, 6) is -0.172. The van der Waals surface area contributed by atoms with Gasteiger partial charge in [0.1, 0.15) is 5.82 Å². The van der Waals surface area contributed by atoms with E-state index in [-0.39, 0.29) is 5.56 Å². The normalized spacial score (nSPS) is 10.4. The molecular formula is C12H13N3O2. The van der Waals surface area contributed by atoms with E-state index in [0.29, 0.717) is 11.4 Å². The topological polar surface area (TPSA) is 81.1 Å². The molecule has 0 aliphatic carbocycles. The molecule has 5 heteroatoms. The zero-order valence-corrected chi connectivity index (χ0v) is 9.42. The minimum absolute atomic E-state index is 0.215. The number of carboxylic acid groups (broad SMARTS) is 1. The molecule has 0 aliphatic rings. The van der Waals surface area contributed by atoms with E-state index in [1.807, 2.05) is 6.92 Å². The number of carbonyl (C=O) groups is 1. The first kappa shape index (κ1) is 11.2. The summed E-state index contributed by atoms with van der Waals surface area (Å²) in [6, 6.07) is 4.73. The van der Waals surface area contributed by atoms with Gasteiger partial charge in [0.2, 0.25) is 0 Å². The van der Waals surface area contributed by atoms with Crippen molar-refractivity contribution in [1.29, 1.82) is 0 Å². The molecule has 0 aliphatic heterocycles. The van der Waals surface area contributed by atoms with E-state index in [9.17, 15) is 4.79 Å². The third-order valence-electron chi connectivity index (χ3n) is 2.55. The molecule has 0 fully saturated rings. The van der Waals surface area contributed by atoms with Crippen molar-refractivity contribution in [3.8, 4) is 5.69 Å². The van der Waals surface area contributed by atoms with Gasteiger partial charge in [-0.2, -0.15) is 0 Å². The summed E-state index contributed by atoms with van der Waals surface area (Å²) in [5.41, 5.74) is 6.99. The van der Waals surface area contributed by atoms with Crippen molar-refractivity contribution in [3.63, 3.8) is 0 Å². The molecule has 88 valence electrons. The molecule has 0 amide bonds. The van der Waals surface area contributed by atoms with Gasteiger partial charge in [-0.05, 0) is 18.2 Å². The van der Waals surface area contributed by atoms with E-state index in [0.717, 1.165) is 12.2 Å². The summed E-state index contributed by atoms with van der Waals surface area (Å²) in [7, 11) is 0.